The van der Waals surface area contributed by atoms with E-state index in [0.717, 1.165) is 4.90 Å². The molecule has 32 heavy (non-hydrogen) atoms. The van der Waals surface area contributed by atoms with Gasteiger partial charge < -0.3 is 10.2 Å². The Bertz CT molecular complexity index is 1080. The van der Waals surface area contributed by atoms with Crippen molar-refractivity contribution in [1.29, 1.82) is 5.26 Å². The first kappa shape index (κ1) is 22.5. The molecule has 0 bridgehead atoms. The summed E-state index contributed by atoms with van der Waals surface area (Å²) >= 11 is 0. The predicted octanol–water partition coefficient (Wildman–Crippen LogP) is 0.993. The van der Waals surface area contributed by atoms with Crippen molar-refractivity contribution in [3.63, 3.8) is 0 Å². The van der Waals surface area contributed by atoms with E-state index in [1.54, 1.807) is 6.92 Å². The summed E-state index contributed by atoms with van der Waals surface area (Å²) in [4.78, 5) is 27.0. The minimum atomic E-state index is -4.01. The van der Waals surface area contributed by atoms with Gasteiger partial charge in [0.05, 0.1) is 35.4 Å². The van der Waals surface area contributed by atoms with Gasteiger partial charge >= 0.3 is 0 Å². The molecule has 3 fully saturated rings. The minimum Gasteiger partial charge on any atom is -0.338 e. The van der Waals surface area contributed by atoms with Crippen molar-refractivity contribution in [3.05, 3.63) is 17.8 Å². The van der Waals surface area contributed by atoms with Crippen LogP contribution in [0.5, 0.6) is 0 Å². The molecule has 4 rings (SSSR count). The summed E-state index contributed by atoms with van der Waals surface area (Å²) in [6, 6.07) is 4.84. The standard InChI is InChI=1S/C20H23F2N5O4S/c1-12-2-3-16(26-25-12)32(30,31)13-8-14(17(28)24-19(10-23)4-5-19)15(9-13)18(29)27-7-6-20(21,22)11-27/h2-3,13-15H,4-9,11H2,1H3,(H,24,28)/t13?,14-,15-/m1/s1. The van der Waals surface area contributed by atoms with Gasteiger partial charge in [0.25, 0.3) is 5.92 Å². The second-order valence-corrected chi connectivity index (χ2v) is 11.1. The molecule has 2 amide bonds. The summed E-state index contributed by atoms with van der Waals surface area (Å²) < 4.78 is 53.6. The van der Waals surface area contributed by atoms with Gasteiger partial charge in [0.1, 0.15) is 5.54 Å². The molecule has 1 aromatic heterocycles. The molecule has 0 aromatic carbocycles. The van der Waals surface area contributed by atoms with Crippen molar-refractivity contribution >= 4 is 21.7 Å². The molecule has 3 atom stereocenters. The number of amides is 2. The minimum absolute atomic E-state index is 0.153. The van der Waals surface area contributed by atoms with Crippen molar-refractivity contribution < 1.29 is 26.8 Å². The summed E-state index contributed by atoms with van der Waals surface area (Å²) in [5.41, 5.74) is -0.466. The first-order valence-electron chi connectivity index (χ1n) is 10.4. The van der Waals surface area contributed by atoms with E-state index in [9.17, 15) is 32.0 Å². The first-order chi connectivity index (χ1) is 15.0. The maximum Gasteiger partial charge on any atom is 0.267 e. The van der Waals surface area contributed by atoms with Gasteiger partial charge in [-0.05, 0) is 44.7 Å². The van der Waals surface area contributed by atoms with Gasteiger partial charge in [0.15, 0.2) is 14.9 Å². The van der Waals surface area contributed by atoms with E-state index in [1.807, 2.05) is 6.07 Å². The number of carbonyl (C=O) groups is 2. The Kier molecular flexibility index (Phi) is 5.43. The number of nitrogens with one attached hydrogen (secondary N) is 1. The Hall–Kier alpha value is -2.68. The van der Waals surface area contributed by atoms with Gasteiger partial charge in [-0.25, -0.2) is 17.2 Å². The molecule has 0 radical (unpaired) electrons. The number of aryl methyl sites for hydroxylation is 1. The summed E-state index contributed by atoms with van der Waals surface area (Å²) in [6.45, 7) is 0.752. The monoisotopic (exact) mass is 467 g/mol. The molecule has 172 valence electrons. The number of likely N-dealkylation sites (tertiary alicyclic amines) is 1. The fourth-order valence-electron chi connectivity index (χ4n) is 4.39. The zero-order valence-electron chi connectivity index (χ0n) is 17.4. The maximum absolute atomic E-state index is 13.7. The van der Waals surface area contributed by atoms with Gasteiger partial charge in [-0.2, -0.15) is 10.4 Å². The highest BCUT2D eigenvalue weighted by molar-refractivity contribution is 7.92. The van der Waals surface area contributed by atoms with Crippen molar-refractivity contribution in [3.8, 4) is 6.07 Å². The van der Waals surface area contributed by atoms with E-state index in [2.05, 4.69) is 15.5 Å². The average Bonchev–Trinajstić information content (AvgIpc) is 3.19. The Morgan fingerprint density at radius 1 is 1.19 bits per heavy atom. The van der Waals surface area contributed by atoms with Crippen LogP contribution in [0.2, 0.25) is 0 Å². The Morgan fingerprint density at radius 3 is 2.41 bits per heavy atom. The number of nitrogens with zero attached hydrogens (tertiary/aromatic N) is 4. The van der Waals surface area contributed by atoms with Crippen molar-refractivity contribution in [2.75, 3.05) is 13.1 Å². The lowest BCUT2D eigenvalue weighted by Crippen LogP contribution is -2.45. The van der Waals surface area contributed by atoms with E-state index in [4.69, 9.17) is 0 Å². The predicted molar refractivity (Wildman–Crippen MR) is 106 cm³/mol. The molecule has 2 heterocycles. The van der Waals surface area contributed by atoms with E-state index < -0.39 is 63.2 Å². The van der Waals surface area contributed by atoms with Crippen LogP contribution in [0.15, 0.2) is 17.2 Å². The van der Waals surface area contributed by atoms with Gasteiger partial charge in [-0.1, -0.05) is 0 Å². The number of halogens is 2. The third-order valence-electron chi connectivity index (χ3n) is 6.48. The number of nitriles is 1. The molecule has 0 spiro atoms. The number of aromatic nitrogens is 2. The van der Waals surface area contributed by atoms with Gasteiger partial charge in [0.2, 0.25) is 11.8 Å². The van der Waals surface area contributed by atoms with E-state index in [0.29, 0.717) is 18.5 Å². The van der Waals surface area contributed by atoms with Crippen LogP contribution in [0.3, 0.4) is 0 Å². The molecular weight excluding hydrogens is 444 g/mol. The Morgan fingerprint density at radius 2 is 1.88 bits per heavy atom. The van der Waals surface area contributed by atoms with Crippen molar-refractivity contribution in [2.45, 2.75) is 60.8 Å². The lowest BCUT2D eigenvalue weighted by molar-refractivity contribution is -0.141. The summed E-state index contributed by atoms with van der Waals surface area (Å²) in [7, 11) is -4.01. The largest absolute Gasteiger partial charge is 0.338 e. The smallest absolute Gasteiger partial charge is 0.267 e. The van der Waals surface area contributed by atoms with Crippen LogP contribution in [0.1, 0.15) is 37.8 Å². The molecule has 1 aromatic rings. The van der Waals surface area contributed by atoms with Gasteiger partial charge in [-0.15, -0.1) is 5.10 Å². The zero-order valence-corrected chi connectivity index (χ0v) is 18.2. The van der Waals surface area contributed by atoms with Crippen LogP contribution in [0, 0.1) is 30.1 Å². The maximum atomic E-state index is 13.7. The summed E-state index contributed by atoms with van der Waals surface area (Å²) in [5, 5.41) is 18.1. The molecule has 2 saturated carbocycles. The number of hydrogen-bond acceptors (Lipinski definition) is 7. The van der Waals surface area contributed by atoms with E-state index >= 15 is 0 Å². The second kappa shape index (κ2) is 7.72. The molecule has 1 N–H and O–H groups in total. The average molecular weight is 467 g/mol. The SMILES string of the molecule is Cc1ccc(S(=O)(=O)C2C[C@@H](C(=O)NC3(C#N)CC3)[C@H](C(=O)N3CCC(F)(F)C3)C2)nn1. The fourth-order valence-corrected chi connectivity index (χ4v) is 6.07. The van der Waals surface area contributed by atoms with E-state index in [-0.39, 0.29) is 24.4 Å². The van der Waals surface area contributed by atoms with Crippen LogP contribution in [-0.2, 0) is 19.4 Å². The van der Waals surface area contributed by atoms with E-state index in [1.165, 1.54) is 12.1 Å². The first-order valence-corrected chi connectivity index (χ1v) is 12.0. The molecule has 9 nitrogen and oxygen atoms in total. The Balaban J connectivity index is 1.60. The van der Waals surface area contributed by atoms with Gasteiger partial charge in [0, 0.05) is 13.0 Å². The molecular formula is C20H23F2N5O4S. The topological polar surface area (TPSA) is 133 Å². The summed E-state index contributed by atoms with van der Waals surface area (Å²) in [6.07, 6.45) is 0.127. The molecule has 1 unspecified atom stereocenters. The normalized spacial score (nSPS) is 28.2. The third kappa shape index (κ3) is 4.18. The number of alkyl halides is 2. The highest BCUT2D eigenvalue weighted by Crippen LogP contribution is 2.42. The van der Waals surface area contributed by atoms with Crippen LogP contribution in [0.4, 0.5) is 8.78 Å². The van der Waals surface area contributed by atoms with Gasteiger partial charge in [-0.3, -0.25) is 9.59 Å². The quantitative estimate of drug-likeness (QED) is 0.683. The second-order valence-electron chi connectivity index (χ2n) is 8.91. The van der Waals surface area contributed by atoms with Crippen molar-refractivity contribution in [1.82, 2.24) is 20.4 Å². The third-order valence-corrected chi connectivity index (χ3v) is 8.55. The molecule has 1 saturated heterocycles. The molecule has 12 heteroatoms. The summed E-state index contributed by atoms with van der Waals surface area (Å²) in [5.74, 6) is -6.37. The highest BCUT2D eigenvalue weighted by atomic mass is 32.2. The zero-order chi connectivity index (χ0) is 23.3. The fraction of sp³-hybridized carbons (Fsp3) is 0.650. The van der Waals surface area contributed by atoms with Crippen LogP contribution >= 0.6 is 0 Å². The van der Waals surface area contributed by atoms with Crippen LogP contribution in [0.25, 0.3) is 0 Å². The van der Waals surface area contributed by atoms with Crippen LogP contribution in [-0.4, -0.2) is 65.1 Å². The lowest BCUT2D eigenvalue weighted by atomic mass is 9.93. The number of sulfone groups is 1. The van der Waals surface area contributed by atoms with Crippen LogP contribution < -0.4 is 5.32 Å². The number of rotatable bonds is 5. The highest BCUT2D eigenvalue weighted by Gasteiger charge is 2.53. The number of carbonyl (C=O) groups excluding carboxylic acids is 2. The lowest BCUT2D eigenvalue weighted by Gasteiger charge is -2.24. The molecule has 3 aliphatic rings. The van der Waals surface area contributed by atoms with Crippen molar-refractivity contribution in [2.24, 2.45) is 11.8 Å². The number of hydrogen-bond donors (Lipinski definition) is 1. The Labute approximate surface area is 184 Å². The molecule has 1 aliphatic heterocycles. The molecule has 2 aliphatic carbocycles.